The van der Waals surface area contributed by atoms with Gasteiger partial charge in [-0.3, -0.25) is 9.78 Å². The summed E-state index contributed by atoms with van der Waals surface area (Å²) in [7, 11) is 0. The molecule has 0 aliphatic heterocycles. The van der Waals surface area contributed by atoms with Crippen molar-refractivity contribution in [2.75, 3.05) is 0 Å². The molecule has 1 N–H and O–H groups in total. The largest absolute Gasteiger partial charge is 0.481 e. The first-order valence-corrected chi connectivity index (χ1v) is 7.90. The van der Waals surface area contributed by atoms with Crippen LogP contribution in [0, 0.1) is 5.41 Å². The van der Waals surface area contributed by atoms with Crippen molar-refractivity contribution in [1.82, 2.24) is 14.5 Å². The highest BCUT2D eigenvalue weighted by Gasteiger charge is 2.29. The van der Waals surface area contributed by atoms with Gasteiger partial charge in [-0.15, -0.1) is 0 Å². The zero-order valence-corrected chi connectivity index (χ0v) is 13.7. The number of pyridine rings is 1. The fourth-order valence-corrected chi connectivity index (χ4v) is 2.86. The lowest BCUT2D eigenvalue weighted by Crippen LogP contribution is -2.29. The molecular formula is C18H21N3O2. The number of carbonyl (C=O) groups is 1. The van der Waals surface area contributed by atoms with Crippen LogP contribution in [0.3, 0.4) is 0 Å². The molecule has 5 nitrogen and oxygen atoms in total. The van der Waals surface area contributed by atoms with Gasteiger partial charge in [0.25, 0.3) is 0 Å². The molecule has 3 aromatic rings. The summed E-state index contributed by atoms with van der Waals surface area (Å²) >= 11 is 0. The van der Waals surface area contributed by atoms with Gasteiger partial charge in [0.2, 0.25) is 0 Å². The number of para-hydroxylation sites is 1. The maximum absolute atomic E-state index is 11.6. The highest BCUT2D eigenvalue weighted by atomic mass is 16.4. The molecule has 0 bridgehead atoms. The summed E-state index contributed by atoms with van der Waals surface area (Å²) in [5.41, 5.74) is 1.85. The molecule has 2 heterocycles. The van der Waals surface area contributed by atoms with Gasteiger partial charge in [0.05, 0.1) is 22.6 Å². The quantitative estimate of drug-likeness (QED) is 0.781. The summed E-state index contributed by atoms with van der Waals surface area (Å²) in [6.07, 6.45) is 3.56. The third-order valence-corrected chi connectivity index (χ3v) is 4.16. The number of aliphatic carboxylic acids is 1. The minimum atomic E-state index is -0.861. The Morgan fingerprint density at radius 1 is 1.26 bits per heavy atom. The lowest BCUT2D eigenvalue weighted by Gasteiger charge is -2.22. The van der Waals surface area contributed by atoms with E-state index in [9.17, 15) is 9.90 Å². The number of carboxylic acids is 1. The van der Waals surface area contributed by atoms with Crippen LogP contribution in [0.5, 0.6) is 0 Å². The minimum Gasteiger partial charge on any atom is -0.481 e. The van der Waals surface area contributed by atoms with E-state index in [-0.39, 0.29) is 0 Å². The number of hydrogen-bond donors (Lipinski definition) is 1. The first-order valence-electron chi connectivity index (χ1n) is 7.90. The molecule has 0 saturated heterocycles. The van der Waals surface area contributed by atoms with Gasteiger partial charge in [-0.1, -0.05) is 25.1 Å². The molecule has 0 amide bonds. The van der Waals surface area contributed by atoms with Crippen molar-refractivity contribution in [3.05, 3.63) is 36.3 Å². The lowest BCUT2D eigenvalue weighted by atomic mass is 9.93. The van der Waals surface area contributed by atoms with Gasteiger partial charge in [-0.2, -0.15) is 0 Å². The van der Waals surface area contributed by atoms with Gasteiger partial charge in [0.1, 0.15) is 11.3 Å². The lowest BCUT2D eigenvalue weighted by molar-refractivity contribution is -0.147. The van der Waals surface area contributed by atoms with Crippen LogP contribution in [0.2, 0.25) is 0 Å². The summed E-state index contributed by atoms with van der Waals surface area (Å²) in [5, 5.41) is 10.5. The second-order valence-corrected chi connectivity index (χ2v) is 6.56. The minimum absolute atomic E-state index is 0.391. The number of carboxylic acid groups (broad SMARTS) is 1. The van der Waals surface area contributed by atoms with Crippen molar-refractivity contribution in [1.29, 1.82) is 0 Å². The smallest absolute Gasteiger partial charge is 0.310 e. The second kappa shape index (κ2) is 5.65. The van der Waals surface area contributed by atoms with Gasteiger partial charge in [-0.25, -0.2) is 4.98 Å². The number of imidazole rings is 1. The summed E-state index contributed by atoms with van der Waals surface area (Å²) in [5.74, 6) is 0.120. The summed E-state index contributed by atoms with van der Waals surface area (Å²) < 4.78 is 2.07. The predicted octanol–water partition coefficient (Wildman–Crippen LogP) is 3.65. The molecule has 0 aliphatic rings. The van der Waals surface area contributed by atoms with Gasteiger partial charge in [0.15, 0.2) is 0 Å². The van der Waals surface area contributed by atoms with Gasteiger partial charge in [-0.05, 0) is 26.3 Å². The summed E-state index contributed by atoms with van der Waals surface area (Å²) in [4.78, 5) is 20.7. The fourth-order valence-electron chi connectivity index (χ4n) is 2.86. The highest BCUT2D eigenvalue weighted by Crippen LogP contribution is 2.29. The molecule has 2 aromatic heterocycles. The number of benzene rings is 1. The summed E-state index contributed by atoms with van der Waals surface area (Å²) in [6.45, 7) is 5.99. The van der Waals surface area contributed by atoms with E-state index in [1.165, 1.54) is 0 Å². The van der Waals surface area contributed by atoms with Crippen molar-refractivity contribution in [2.24, 2.45) is 5.41 Å². The van der Waals surface area contributed by atoms with Crippen molar-refractivity contribution >= 4 is 27.9 Å². The number of aryl methyl sites for hydroxylation is 1. The van der Waals surface area contributed by atoms with E-state index in [1.54, 1.807) is 20.0 Å². The Morgan fingerprint density at radius 3 is 2.70 bits per heavy atom. The number of rotatable bonds is 5. The first kappa shape index (κ1) is 15.5. The first-order chi connectivity index (χ1) is 10.9. The van der Waals surface area contributed by atoms with Gasteiger partial charge >= 0.3 is 5.97 Å². The maximum atomic E-state index is 11.6. The molecule has 120 valence electrons. The third-order valence-electron chi connectivity index (χ3n) is 4.16. The van der Waals surface area contributed by atoms with E-state index in [4.69, 9.17) is 4.98 Å². The molecule has 3 rings (SSSR count). The van der Waals surface area contributed by atoms with E-state index in [2.05, 4.69) is 16.5 Å². The normalized spacial score (nSPS) is 12.1. The van der Waals surface area contributed by atoms with Crippen LogP contribution in [-0.2, 0) is 17.8 Å². The van der Waals surface area contributed by atoms with E-state index >= 15 is 0 Å². The molecule has 0 unspecified atom stereocenters. The average Bonchev–Trinajstić information content (AvgIpc) is 2.85. The standard InChI is InChI=1S/C18H21N3O2/c1-4-7-15-20-14-10-19-13-9-6-5-8-12(13)16(14)21(15)11-18(2,3)17(22)23/h5-6,8-10H,4,7,11H2,1-3H3,(H,22,23). The molecule has 0 saturated carbocycles. The van der Waals surface area contributed by atoms with E-state index in [0.717, 1.165) is 40.6 Å². The molecule has 0 aliphatic carbocycles. The Balaban J connectivity index is 2.29. The number of hydrogen-bond acceptors (Lipinski definition) is 3. The maximum Gasteiger partial charge on any atom is 0.310 e. The predicted molar refractivity (Wildman–Crippen MR) is 90.4 cm³/mol. The van der Waals surface area contributed by atoms with E-state index in [1.807, 2.05) is 24.3 Å². The van der Waals surface area contributed by atoms with Crippen LogP contribution in [0.25, 0.3) is 21.9 Å². The van der Waals surface area contributed by atoms with Crippen LogP contribution >= 0.6 is 0 Å². The number of nitrogens with zero attached hydrogens (tertiary/aromatic N) is 3. The highest BCUT2D eigenvalue weighted by molar-refractivity contribution is 6.02. The number of fused-ring (bicyclic) bond motifs is 3. The SMILES string of the molecule is CCCc1nc2cnc3ccccc3c2n1CC(C)(C)C(=O)O. The number of aromatic nitrogens is 3. The molecule has 5 heteroatoms. The van der Waals surface area contributed by atoms with Gasteiger partial charge < -0.3 is 9.67 Å². The van der Waals surface area contributed by atoms with Crippen molar-refractivity contribution < 1.29 is 9.90 Å². The molecule has 0 spiro atoms. The van der Waals surface area contributed by atoms with Crippen molar-refractivity contribution in [3.63, 3.8) is 0 Å². The molecule has 0 radical (unpaired) electrons. The molecular weight excluding hydrogens is 290 g/mol. The van der Waals surface area contributed by atoms with Crippen molar-refractivity contribution in [2.45, 2.75) is 40.2 Å². The second-order valence-electron chi connectivity index (χ2n) is 6.56. The molecule has 0 fully saturated rings. The molecule has 1 aromatic carbocycles. The van der Waals surface area contributed by atoms with Crippen LogP contribution in [-0.4, -0.2) is 25.6 Å². The Morgan fingerprint density at radius 2 is 2.00 bits per heavy atom. The monoisotopic (exact) mass is 311 g/mol. The fraction of sp³-hybridized carbons (Fsp3) is 0.389. The molecule has 23 heavy (non-hydrogen) atoms. The Hall–Kier alpha value is -2.43. The Bertz CT molecular complexity index is 880. The zero-order chi connectivity index (χ0) is 16.6. The third kappa shape index (κ3) is 2.67. The van der Waals surface area contributed by atoms with Gasteiger partial charge in [0, 0.05) is 18.4 Å². The Kier molecular flexibility index (Phi) is 3.80. The average molecular weight is 311 g/mol. The van der Waals surface area contributed by atoms with Crippen LogP contribution in [0.4, 0.5) is 0 Å². The van der Waals surface area contributed by atoms with E-state index < -0.39 is 11.4 Å². The molecule has 0 atom stereocenters. The van der Waals surface area contributed by atoms with E-state index in [0.29, 0.717) is 6.54 Å². The zero-order valence-electron chi connectivity index (χ0n) is 13.7. The van der Waals surface area contributed by atoms with Crippen LogP contribution in [0.1, 0.15) is 33.0 Å². The summed E-state index contributed by atoms with van der Waals surface area (Å²) in [6, 6.07) is 7.92. The van der Waals surface area contributed by atoms with Crippen LogP contribution < -0.4 is 0 Å². The van der Waals surface area contributed by atoms with Crippen LogP contribution in [0.15, 0.2) is 30.5 Å². The Labute approximate surface area is 135 Å². The van der Waals surface area contributed by atoms with Crippen molar-refractivity contribution in [3.8, 4) is 0 Å². The topological polar surface area (TPSA) is 68.0 Å².